The molecular formula is C16H23N3O. The summed E-state index contributed by atoms with van der Waals surface area (Å²) in [5, 5.41) is 8.52. The lowest BCUT2D eigenvalue weighted by Crippen LogP contribution is -2.27. The molecule has 2 aromatic rings. The number of nitrogens with one attached hydrogen (secondary N) is 1. The van der Waals surface area contributed by atoms with Crippen LogP contribution in [0, 0.1) is 5.41 Å². The second-order valence-electron chi connectivity index (χ2n) is 6.15. The van der Waals surface area contributed by atoms with Gasteiger partial charge < -0.3 is 5.32 Å². The number of hydrogen-bond acceptors (Lipinski definition) is 2. The minimum atomic E-state index is -0.422. The largest absolute Gasteiger partial charge is 0.308 e. The van der Waals surface area contributed by atoms with E-state index in [1.807, 2.05) is 49.7 Å². The summed E-state index contributed by atoms with van der Waals surface area (Å²) in [5.74, 6) is 0.653. The SMILES string of the molecule is CCCCn1nc(NC(=O)C(C)(C)C)c2ccccc21. The van der Waals surface area contributed by atoms with E-state index in [-0.39, 0.29) is 5.91 Å². The monoisotopic (exact) mass is 273 g/mol. The first-order chi connectivity index (χ1) is 9.43. The third-order valence-electron chi connectivity index (χ3n) is 3.29. The molecule has 4 nitrogen and oxygen atoms in total. The van der Waals surface area contributed by atoms with Crippen LogP contribution in [0.1, 0.15) is 40.5 Å². The Morgan fingerprint density at radius 3 is 2.65 bits per heavy atom. The Morgan fingerprint density at radius 1 is 1.30 bits per heavy atom. The quantitative estimate of drug-likeness (QED) is 0.920. The fourth-order valence-electron chi connectivity index (χ4n) is 1.99. The van der Waals surface area contributed by atoms with Gasteiger partial charge >= 0.3 is 0 Å². The van der Waals surface area contributed by atoms with Crippen molar-refractivity contribution in [3.05, 3.63) is 24.3 Å². The maximum Gasteiger partial charge on any atom is 0.230 e. The molecule has 0 atom stereocenters. The Labute approximate surface area is 120 Å². The van der Waals surface area contributed by atoms with Crippen LogP contribution in [-0.4, -0.2) is 15.7 Å². The number of aryl methyl sites for hydroxylation is 1. The van der Waals surface area contributed by atoms with E-state index in [4.69, 9.17) is 0 Å². The van der Waals surface area contributed by atoms with Crippen molar-refractivity contribution in [2.24, 2.45) is 5.41 Å². The van der Waals surface area contributed by atoms with Crippen LogP contribution in [0.15, 0.2) is 24.3 Å². The lowest BCUT2D eigenvalue weighted by Gasteiger charge is -2.16. The van der Waals surface area contributed by atoms with E-state index >= 15 is 0 Å². The fraction of sp³-hybridized carbons (Fsp3) is 0.500. The van der Waals surface area contributed by atoms with Crippen molar-refractivity contribution >= 4 is 22.6 Å². The highest BCUT2D eigenvalue weighted by Gasteiger charge is 2.23. The molecule has 0 radical (unpaired) electrons. The van der Waals surface area contributed by atoms with Gasteiger partial charge in [-0.1, -0.05) is 46.2 Å². The summed E-state index contributed by atoms with van der Waals surface area (Å²) < 4.78 is 1.98. The van der Waals surface area contributed by atoms with Crippen LogP contribution in [0.25, 0.3) is 10.9 Å². The van der Waals surface area contributed by atoms with Gasteiger partial charge in [0, 0.05) is 17.3 Å². The second kappa shape index (κ2) is 5.65. The number of amides is 1. The minimum absolute atomic E-state index is 0.0107. The standard InChI is InChI=1S/C16H23N3O/c1-5-6-11-19-13-10-8-7-9-12(13)14(18-19)17-15(20)16(2,3)4/h7-10H,5-6,11H2,1-4H3,(H,17,18,20). The molecule has 0 aliphatic heterocycles. The molecule has 1 heterocycles. The number of anilines is 1. The molecule has 0 aliphatic carbocycles. The summed E-state index contributed by atoms with van der Waals surface area (Å²) in [6, 6.07) is 8.02. The van der Waals surface area contributed by atoms with Gasteiger partial charge in [-0.3, -0.25) is 9.48 Å². The van der Waals surface area contributed by atoms with E-state index in [0.29, 0.717) is 5.82 Å². The van der Waals surface area contributed by atoms with Gasteiger partial charge in [0.25, 0.3) is 0 Å². The van der Waals surface area contributed by atoms with Gasteiger partial charge in [-0.15, -0.1) is 0 Å². The van der Waals surface area contributed by atoms with Gasteiger partial charge in [0.2, 0.25) is 5.91 Å². The van der Waals surface area contributed by atoms with Crippen LogP contribution < -0.4 is 5.32 Å². The smallest absolute Gasteiger partial charge is 0.230 e. The maximum absolute atomic E-state index is 12.1. The van der Waals surface area contributed by atoms with Crippen molar-refractivity contribution in [1.82, 2.24) is 9.78 Å². The zero-order valence-corrected chi connectivity index (χ0v) is 12.7. The van der Waals surface area contributed by atoms with Crippen molar-refractivity contribution in [3.8, 4) is 0 Å². The Kier molecular flexibility index (Phi) is 4.12. The molecule has 108 valence electrons. The highest BCUT2D eigenvalue weighted by Crippen LogP contribution is 2.25. The molecule has 0 saturated carbocycles. The van der Waals surface area contributed by atoms with E-state index in [2.05, 4.69) is 17.3 Å². The predicted molar refractivity (Wildman–Crippen MR) is 82.7 cm³/mol. The molecule has 0 saturated heterocycles. The number of unbranched alkanes of at least 4 members (excludes halogenated alkanes) is 1. The summed E-state index contributed by atoms with van der Waals surface area (Å²) in [7, 11) is 0. The van der Waals surface area contributed by atoms with Crippen LogP contribution >= 0.6 is 0 Å². The maximum atomic E-state index is 12.1. The number of carbonyl (C=O) groups is 1. The van der Waals surface area contributed by atoms with Gasteiger partial charge in [-0.2, -0.15) is 5.10 Å². The molecule has 0 aliphatic rings. The average Bonchev–Trinajstić information content (AvgIpc) is 2.74. The lowest BCUT2D eigenvalue weighted by molar-refractivity contribution is -0.123. The van der Waals surface area contributed by atoms with Crippen LogP contribution in [0.5, 0.6) is 0 Å². The van der Waals surface area contributed by atoms with Gasteiger partial charge in [0.1, 0.15) is 0 Å². The number of benzene rings is 1. The number of carbonyl (C=O) groups excluding carboxylic acids is 1. The van der Waals surface area contributed by atoms with Crippen LogP contribution in [0.3, 0.4) is 0 Å². The lowest BCUT2D eigenvalue weighted by atomic mass is 9.96. The van der Waals surface area contributed by atoms with Gasteiger partial charge in [0.05, 0.1) is 5.52 Å². The summed E-state index contributed by atoms with van der Waals surface area (Å²) >= 11 is 0. The van der Waals surface area contributed by atoms with E-state index < -0.39 is 5.41 Å². The van der Waals surface area contributed by atoms with Gasteiger partial charge in [0.15, 0.2) is 5.82 Å². The molecule has 2 rings (SSSR count). The molecule has 1 N–H and O–H groups in total. The molecule has 4 heteroatoms. The number of para-hydroxylation sites is 1. The molecule has 0 unspecified atom stereocenters. The summed E-state index contributed by atoms with van der Waals surface area (Å²) in [5.41, 5.74) is 0.652. The van der Waals surface area contributed by atoms with Gasteiger partial charge in [-0.25, -0.2) is 0 Å². The van der Waals surface area contributed by atoms with Crippen LogP contribution in [0.2, 0.25) is 0 Å². The van der Waals surface area contributed by atoms with Crippen LogP contribution in [0.4, 0.5) is 5.82 Å². The molecule has 0 fully saturated rings. The van der Waals surface area contributed by atoms with E-state index in [1.165, 1.54) is 0 Å². The van der Waals surface area contributed by atoms with E-state index in [0.717, 1.165) is 30.3 Å². The summed E-state index contributed by atoms with van der Waals surface area (Å²) in [6.45, 7) is 8.74. The third kappa shape index (κ3) is 3.00. The van der Waals surface area contributed by atoms with Crippen molar-refractivity contribution in [3.63, 3.8) is 0 Å². The molecule has 1 amide bonds. The molecule has 1 aromatic carbocycles. The van der Waals surface area contributed by atoms with Crippen LogP contribution in [-0.2, 0) is 11.3 Å². The van der Waals surface area contributed by atoms with Crippen molar-refractivity contribution in [2.45, 2.75) is 47.1 Å². The fourth-order valence-corrected chi connectivity index (χ4v) is 1.99. The highest BCUT2D eigenvalue weighted by atomic mass is 16.2. The zero-order chi connectivity index (χ0) is 14.8. The number of fused-ring (bicyclic) bond motifs is 1. The highest BCUT2D eigenvalue weighted by molar-refractivity contribution is 6.01. The molecule has 20 heavy (non-hydrogen) atoms. The van der Waals surface area contributed by atoms with Crippen molar-refractivity contribution < 1.29 is 4.79 Å². The number of hydrogen-bond donors (Lipinski definition) is 1. The zero-order valence-electron chi connectivity index (χ0n) is 12.7. The van der Waals surface area contributed by atoms with E-state index in [1.54, 1.807) is 0 Å². The predicted octanol–water partition coefficient (Wildman–Crippen LogP) is 3.82. The second-order valence-corrected chi connectivity index (χ2v) is 6.15. The first kappa shape index (κ1) is 14.6. The third-order valence-corrected chi connectivity index (χ3v) is 3.29. The Balaban J connectivity index is 2.36. The topological polar surface area (TPSA) is 46.9 Å². The molecule has 0 bridgehead atoms. The molecular weight excluding hydrogens is 250 g/mol. The molecule has 0 spiro atoms. The van der Waals surface area contributed by atoms with Crippen molar-refractivity contribution in [1.29, 1.82) is 0 Å². The first-order valence-corrected chi connectivity index (χ1v) is 7.20. The Morgan fingerprint density at radius 2 is 2.00 bits per heavy atom. The number of aromatic nitrogens is 2. The first-order valence-electron chi connectivity index (χ1n) is 7.20. The Bertz CT molecular complexity index is 608. The van der Waals surface area contributed by atoms with Gasteiger partial charge in [-0.05, 0) is 18.6 Å². The minimum Gasteiger partial charge on any atom is -0.308 e. The summed E-state index contributed by atoms with van der Waals surface area (Å²) in [4.78, 5) is 12.1. The normalized spacial score (nSPS) is 11.8. The van der Waals surface area contributed by atoms with E-state index in [9.17, 15) is 4.79 Å². The average molecular weight is 273 g/mol. The van der Waals surface area contributed by atoms with Crippen molar-refractivity contribution in [2.75, 3.05) is 5.32 Å². The molecule has 1 aromatic heterocycles. The number of rotatable bonds is 4. The summed E-state index contributed by atoms with van der Waals surface area (Å²) in [6.07, 6.45) is 2.20. The Hall–Kier alpha value is -1.84. The number of nitrogens with zero attached hydrogens (tertiary/aromatic N) is 2.